The summed E-state index contributed by atoms with van der Waals surface area (Å²) in [5.74, 6) is -0.0229. The van der Waals surface area contributed by atoms with Gasteiger partial charge < -0.3 is 5.32 Å². The van der Waals surface area contributed by atoms with Crippen LogP contribution in [-0.2, 0) is 16.1 Å². The van der Waals surface area contributed by atoms with Crippen LogP contribution in [0.4, 0.5) is 5.69 Å². The molecule has 0 bridgehead atoms. The highest BCUT2D eigenvalue weighted by atomic mass is 32.1. The van der Waals surface area contributed by atoms with Crippen molar-refractivity contribution in [2.45, 2.75) is 51.2 Å². The molecule has 0 radical (unpaired) electrons. The van der Waals surface area contributed by atoms with Gasteiger partial charge >= 0.3 is 0 Å². The molecule has 0 unspecified atom stereocenters. The first kappa shape index (κ1) is 23.9. The fourth-order valence-electron chi connectivity index (χ4n) is 4.52. The van der Waals surface area contributed by atoms with Crippen LogP contribution in [0.25, 0.3) is 11.4 Å². The van der Waals surface area contributed by atoms with Crippen molar-refractivity contribution in [2.75, 3.05) is 4.90 Å². The molecule has 2 aromatic carbocycles. The van der Waals surface area contributed by atoms with Crippen LogP contribution in [0.15, 0.2) is 72.1 Å². The molecule has 36 heavy (non-hydrogen) atoms. The van der Waals surface area contributed by atoms with Crippen molar-refractivity contribution in [1.29, 1.82) is 0 Å². The first-order valence-corrected chi connectivity index (χ1v) is 13.0. The number of carbonyl (C=O) groups is 2. The Kier molecular flexibility index (Phi) is 7.18. The number of hydrogen-bond donors (Lipinski definition) is 1. The topological polar surface area (TPSA) is 93.0 Å². The van der Waals surface area contributed by atoms with Crippen LogP contribution in [0, 0.1) is 6.92 Å². The molecule has 1 fully saturated rings. The Bertz CT molecular complexity index is 1300. The van der Waals surface area contributed by atoms with E-state index in [0.717, 1.165) is 41.7 Å². The van der Waals surface area contributed by atoms with E-state index in [4.69, 9.17) is 0 Å². The number of anilines is 1. The second-order valence-corrected chi connectivity index (χ2v) is 10.00. The molecule has 1 aliphatic rings. The maximum atomic E-state index is 13.8. The molecule has 5 rings (SSSR count). The predicted octanol–water partition coefficient (Wildman–Crippen LogP) is 4.54. The molecular weight excluding hydrogens is 472 g/mol. The molecule has 0 aliphatic heterocycles. The van der Waals surface area contributed by atoms with Crippen molar-refractivity contribution in [3.63, 3.8) is 0 Å². The monoisotopic (exact) mass is 500 g/mol. The van der Waals surface area contributed by atoms with Crippen LogP contribution in [0.2, 0.25) is 0 Å². The van der Waals surface area contributed by atoms with Gasteiger partial charge in [-0.05, 0) is 48.6 Å². The number of hydrogen-bond acceptors (Lipinski definition) is 6. The van der Waals surface area contributed by atoms with E-state index in [0.29, 0.717) is 11.5 Å². The number of nitrogens with one attached hydrogen (secondary N) is 1. The van der Waals surface area contributed by atoms with Gasteiger partial charge in [0.25, 0.3) is 5.91 Å². The lowest BCUT2D eigenvalue weighted by molar-refractivity contribution is -0.127. The SMILES string of the molecule is Cc1ccc(-c2nnn(CC(=O)N(c3ccccc3)[C@@H](C(=O)NC3CCCC3)c3cccs3)n2)cc1. The summed E-state index contributed by atoms with van der Waals surface area (Å²) in [7, 11) is 0. The Morgan fingerprint density at radius 2 is 1.81 bits per heavy atom. The van der Waals surface area contributed by atoms with E-state index < -0.39 is 6.04 Å². The first-order valence-electron chi connectivity index (χ1n) is 12.1. The van der Waals surface area contributed by atoms with Crippen LogP contribution < -0.4 is 10.2 Å². The highest BCUT2D eigenvalue weighted by molar-refractivity contribution is 7.10. The highest BCUT2D eigenvalue weighted by Gasteiger charge is 2.35. The van der Waals surface area contributed by atoms with Crippen LogP contribution in [0.5, 0.6) is 0 Å². The lowest BCUT2D eigenvalue weighted by Crippen LogP contribution is -2.47. The summed E-state index contributed by atoms with van der Waals surface area (Å²) in [6.07, 6.45) is 4.15. The van der Waals surface area contributed by atoms with Gasteiger partial charge in [-0.3, -0.25) is 14.5 Å². The minimum atomic E-state index is -0.791. The lowest BCUT2D eigenvalue weighted by atomic mass is 10.1. The van der Waals surface area contributed by atoms with E-state index in [1.807, 2.05) is 79.0 Å². The zero-order valence-corrected chi connectivity index (χ0v) is 20.9. The number of tetrazole rings is 1. The van der Waals surface area contributed by atoms with E-state index in [1.54, 1.807) is 4.90 Å². The molecule has 2 heterocycles. The zero-order chi connectivity index (χ0) is 24.9. The number of rotatable bonds is 8. The molecular formula is C27H28N6O2S. The third-order valence-electron chi connectivity index (χ3n) is 6.36. The van der Waals surface area contributed by atoms with E-state index >= 15 is 0 Å². The van der Waals surface area contributed by atoms with Gasteiger partial charge in [-0.2, -0.15) is 4.80 Å². The van der Waals surface area contributed by atoms with Gasteiger partial charge in [-0.25, -0.2) is 0 Å². The average molecular weight is 501 g/mol. The summed E-state index contributed by atoms with van der Waals surface area (Å²) in [6, 6.07) is 20.2. The standard InChI is InChI=1S/C27H28N6O2S/c1-19-13-15-20(16-14-19)26-29-31-32(30-26)18-24(34)33(22-10-3-2-4-11-22)25(23-12-7-17-36-23)27(35)28-21-8-5-6-9-21/h2-4,7,10-17,21,25H,5-6,8-9,18H2,1H3,(H,28,35)/t25-/m1/s1. The normalized spacial score (nSPS) is 14.5. The minimum Gasteiger partial charge on any atom is -0.351 e. The Hall–Kier alpha value is -3.85. The van der Waals surface area contributed by atoms with Gasteiger partial charge in [0, 0.05) is 22.2 Å². The number of benzene rings is 2. The molecule has 0 spiro atoms. The number of thiophene rings is 1. The lowest BCUT2D eigenvalue weighted by Gasteiger charge is -2.31. The van der Waals surface area contributed by atoms with Crippen LogP contribution in [0.1, 0.15) is 42.2 Å². The maximum absolute atomic E-state index is 13.8. The largest absolute Gasteiger partial charge is 0.351 e. The van der Waals surface area contributed by atoms with Crippen LogP contribution in [-0.4, -0.2) is 38.1 Å². The quantitative estimate of drug-likeness (QED) is 0.383. The van der Waals surface area contributed by atoms with E-state index in [9.17, 15) is 9.59 Å². The van der Waals surface area contributed by atoms with Crippen LogP contribution in [0.3, 0.4) is 0 Å². The summed E-state index contributed by atoms with van der Waals surface area (Å²) < 4.78 is 0. The van der Waals surface area contributed by atoms with E-state index in [1.165, 1.54) is 16.1 Å². The van der Waals surface area contributed by atoms with Crippen molar-refractivity contribution in [3.05, 3.63) is 82.6 Å². The summed E-state index contributed by atoms with van der Waals surface area (Å²) in [4.78, 5) is 31.1. The Morgan fingerprint density at radius 3 is 2.50 bits per heavy atom. The van der Waals surface area contributed by atoms with Gasteiger partial charge in [-0.15, -0.1) is 21.5 Å². The van der Waals surface area contributed by atoms with Gasteiger partial charge in [-0.1, -0.05) is 66.9 Å². The van der Waals surface area contributed by atoms with Gasteiger partial charge in [0.2, 0.25) is 11.7 Å². The Morgan fingerprint density at radius 1 is 1.06 bits per heavy atom. The van der Waals surface area contributed by atoms with Crippen molar-refractivity contribution < 1.29 is 9.59 Å². The first-order chi connectivity index (χ1) is 17.6. The smallest absolute Gasteiger partial charge is 0.251 e. The molecule has 9 heteroatoms. The van der Waals surface area contributed by atoms with E-state index in [2.05, 4.69) is 20.7 Å². The van der Waals surface area contributed by atoms with Gasteiger partial charge in [0.15, 0.2) is 0 Å². The van der Waals surface area contributed by atoms with Gasteiger partial charge in [0.1, 0.15) is 12.6 Å². The number of amides is 2. The highest BCUT2D eigenvalue weighted by Crippen LogP contribution is 2.32. The summed E-state index contributed by atoms with van der Waals surface area (Å²) in [5, 5.41) is 17.8. The molecule has 4 aromatic rings. The van der Waals surface area contributed by atoms with Crippen molar-refractivity contribution >= 4 is 28.8 Å². The number of aromatic nitrogens is 4. The minimum absolute atomic E-state index is 0.140. The molecule has 1 atom stereocenters. The van der Waals surface area contributed by atoms with Crippen molar-refractivity contribution in [1.82, 2.24) is 25.5 Å². The number of carbonyl (C=O) groups excluding carboxylic acids is 2. The van der Waals surface area contributed by atoms with Crippen LogP contribution >= 0.6 is 11.3 Å². The zero-order valence-electron chi connectivity index (χ0n) is 20.1. The second-order valence-electron chi connectivity index (χ2n) is 9.02. The molecule has 2 amide bonds. The summed E-state index contributed by atoms with van der Waals surface area (Å²) in [6.45, 7) is 1.87. The van der Waals surface area contributed by atoms with Gasteiger partial charge in [0.05, 0.1) is 0 Å². The third-order valence-corrected chi connectivity index (χ3v) is 7.29. The molecule has 2 aromatic heterocycles. The van der Waals surface area contributed by atoms with Crippen molar-refractivity contribution in [2.24, 2.45) is 0 Å². The Balaban J connectivity index is 1.44. The average Bonchev–Trinajstić information content (AvgIpc) is 3.67. The molecule has 0 saturated heterocycles. The van der Waals surface area contributed by atoms with Crippen molar-refractivity contribution in [3.8, 4) is 11.4 Å². The number of aryl methyl sites for hydroxylation is 1. The maximum Gasteiger partial charge on any atom is 0.251 e. The molecule has 1 saturated carbocycles. The molecule has 184 valence electrons. The molecule has 1 N–H and O–H groups in total. The predicted molar refractivity (Wildman–Crippen MR) is 139 cm³/mol. The second kappa shape index (κ2) is 10.8. The summed E-state index contributed by atoms with van der Waals surface area (Å²) in [5.41, 5.74) is 2.60. The summed E-state index contributed by atoms with van der Waals surface area (Å²) >= 11 is 1.46. The third kappa shape index (κ3) is 5.36. The fraction of sp³-hybridized carbons (Fsp3) is 0.296. The Labute approximate surface area is 214 Å². The van der Waals surface area contributed by atoms with E-state index in [-0.39, 0.29) is 24.4 Å². The fourth-order valence-corrected chi connectivity index (χ4v) is 5.33. The molecule has 1 aliphatic carbocycles. The molecule has 8 nitrogen and oxygen atoms in total. The number of nitrogens with zero attached hydrogens (tertiary/aromatic N) is 5. The number of para-hydroxylation sites is 1.